The zero-order chi connectivity index (χ0) is 16.3. The molecule has 0 heterocycles. The first-order chi connectivity index (χ1) is 9.65. The molecule has 0 amide bonds. The first-order valence-corrected chi connectivity index (χ1v) is 8.36. The largest absolute Gasteiger partial charge is 0.511 e. The highest BCUT2D eigenvalue weighted by molar-refractivity contribution is 9.13. The van der Waals surface area contributed by atoms with Gasteiger partial charge >= 0.3 is 6.16 Å². The summed E-state index contributed by atoms with van der Waals surface area (Å²) in [5.74, 6) is 0.533. The van der Waals surface area contributed by atoms with Crippen LogP contribution in [0.5, 0.6) is 11.5 Å². The minimum Gasteiger partial charge on any atom is -0.504 e. The summed E-state index contributed by atoms with van der Waals surface area (Å²) in [7, 11) is 0. The summed E-state index contributed by atoms with van der Waals surface area (Å²) in [4.78, 5) is 10.9. The normalized spacial score (nSPS) is 11.2. The molecule has 118 valence electrons. The average Bonchev–Trinajstić information content (AvgIpc) is 2.35. The fraction of sp³-hybridized carbons (Fsp3) is 0.533. The van der Waals surface area contributed by atoms with Crippen molar-refractivity contribution < 1.29 is 19.7 Å². The van der Waals surface area contributed by atoms with Crippen LogP contribution < -0.4 is 4.74 Å². The van der Waals surface area contributed by atoms with Crippen LogP contribution in [0.15, 0.2) is 8.95 Å². The maximum Gasteiger partial charge on any atom is 0.511 e. The molecule has 0 atom stereocenters. The maximum atomic E-state index is 10.9. The van der Waals surface area contributed by atoms with Crippen LogP contribution in [0.25, 0.3) is 0 Å². The van der Waals surface area contributed by atoms with Crippen LogP contribution in [0.2, 0.25) is 0 Å². The van der Waals surface area contributed by atoms with Crippen molar-refractivity contribution in [2.24, 2.45) is 11.8 Å². The fourth-order valence-corrected chi connectivity index (χ4v) is 3.30. The van der Waals surface area contributed by atoms with Crippen molar-refractivity contribution in [2.75, 3.05) is 0 Å². The number of carboxylic acid groups (broad SMARTS) is 1. The van der Waals surface area contributed by atoms with E-state index in [-0.39, 0.29) is 11.5 Å². The number of phenols is 1. The van der Waals surface area contributed by atoms with Crippen LogP contribution in [0, 0.1) is 11.8 Å². The van der Waals surface area contributed by atoms with Crippen molar-refractivity contribution in [2.45, 2.75) is 40.5 Å². The lowest BCUT2D eigenvalue weighted by atomic mass is 9.96. The van der Waals surface area contributed by atoms with Gasteiger partial charge in [0.1, 0.15) is 0 Å². The number of carbonyl (C=O) groups is 1. The number of ether oxygens (including phenoxy) is 1. The van der Waals surface area contributed by atoms with Crippen molar-refractivity contribution in [3.05, 3.63) is 20.1 Å². The summed E-state index contributed by atoms with van der Waals surface area (Å²) in [6, 6.07) is 0. The molecule has 0 spiro atoms. The van der Waals surface area contributed by atoms with Crippen LogP contribution in [-0.2, 0) is 12.8 Å². The highest BCUT2D eigenvalue weighted by atomic mass is 79.9. The Morgan fingerprint density at radius 1 is 1.05 bits per heavy atom. The van der Waals surface area contributed by atoms with Gasteiger partial charge in [0, 0.05) is 20.1 Å². The summed E-state index contributed by atoms with van der Waals surface area (Å²) >= 11 is 6.98. The van der Waals surface area contributed by atoms with E-state index in [1.807, 2.05) is 27.7 Å². The standard InChI is InChI=1S/C15H20Br2O4/c1-7(2)5-9-11(16)12(17)10(6-8(3)4)14(13(9)18)21-15(19)20/h7-8,18H,5-6H2,1-4H3,(H,19,20). The smallest absolute Gasteiger partial charge is 0.504 e. The van der Waals surface area contributed by atoms with Crippen molar-refractivity contribution in [1.29, 1.82) is 0 Å². The number of hydrogen-bond acceptors (Lipinski definition) is 3. The van der Waals surface area contributed by atoms with Gasteiger partial charge in [-0.2, -0.15) is 0 Å². The highest BCUT2D eigenvalue weighted by Crippen LogP contribution is 2.46. The van der Waals surface area contributed by atoms with Crippen LogP contribution in [0.4, 0.5) is 4.79 Å². The molecule has 0 saturated carbocycles. The van der Waals surface area contributed by atoms with E-state index in [0.29, 0.717) is 35.8 Å². The van der Waals surface area contributed by atoms with Gasteiger partial charge in [-0.15, -0.1) is 0 Å². The Bertz CT molecular complexity index is 539. The molecule has 0 saturated heterocycles. The average molecular weight is 424 g/mol. The van der Waals surface area contributed by atoms with Crippen LogP contribution >= 0.6 is 31.9 Å². The van der Waals surface area contributed by atoms with Crippen LogP contribution in [0.3, 0.4) is 0 Å². The number of rotatable bonds is 5. The molecule has 0 aliphatic rings. The number of aromatic hydroxyl groups is 1. The zero-order valence-electron chi connectivity index (χ0n) is 12.5. The van der Waals surface area contributed by atoms with E-state index in [1.54, 1.807) is 0 Å². The molecule has 1 aromatic carbocycles. The molecule has 6 heteroatoms. The molecule has 0 radical (unpaired) electrons. The Kier molecular flexibility index (Phi) is 6.53. The minimum atomic E-state index is -1.43. The van der Waals surface area contributed by atoms with E-state index >= 15 is 0 Å². The minimum absolute atomic E-state index is 0.0296. The van der Waals surface area contributed by atoms with Gasteiger partial charge in [0.25, 0.3) is 0 Å². The SMILES string of the molecule is CC(C)Cc1c(O)c(OC(=O)O)c(CC(C)C)c(Br)c1Br. The fourth-order valence-electron chi connectivity index (χ4n) is 2.13. The van der Waals surface area contributed by atoms with Gasteiger partial charge in [-0.1, -0.05) is 27.7 Å². The Morgan fingerprint density at radius 3 is 1.90 bits per heavy atom. The van der Waals surface area contributed by atoms with E-state index in [4.69, 9.17) is 9.84 Å². The molecule has 2 N–H and O–H groups in total. The summed E-state index contributed by atoms with van der Waals surface area (Å²) in [5, 5.41) is 19.4. The number of hydrogen-bond donors (Lipinski definition) is 2. The van der Waals surface area contributed by atoms with E-state index < -0.39 is 6.16 Å². The Morgan fingerprint density at radius 2 is 1.48 bits per heavy atom. The molecule has 21 heavy (non-hydrogen) atoms. The molecular weight excluding hydrogens is 404 g/mol. The first kappa shape index (κ1) is 18.3. The third-order valence-corrected chi connectivity index (χ3v) is 5.19. The van der Waals surface area contributed by atoms with E-state index in [2.05, 4.69) is 31.9 Å². The van der Waals surface area contributed by atoms with Crippen LogP contribution in [0.1, 0.15) is 38.8 Å². The summed E-state index contributed by atoms with van der Waals surface area (Å²) in [5.41, 5.74) is 1.31. The maximum absolute atomic E-state index is 10.9. The molecule has 1 aromatic rings. The summed E-state index contributed by atoms with van der Waals surface area (Å²) < 4.78 is 6.34. The second-order valence-corrected chi connectivity index (χ2v) is 7.41. The third kappa shape index (κ3) is 4.61. The molecule has 0 unspecified atom stereocenters. The molecule has 1 rings (SSSR count). The summed E-state index contributed by atoms with van der Waals surface area (Å²) in [6.07, 6.45) is -0.222. The van der Waals surface area contributed by atoms with Gasteiger partial charge < -0.3 is 14.9 Å². The Hall–Kier alpha value is -0.750. The lowest BCUT2D eigenvalue weighted by Crippen LogP contribution is -2.10. The zero-order valence-corrected chi connectivity index (χ0v) is 15.7. The molecule has 0 bridgehead atoms. The molecular formula is C15H20Br2O4. The topological polar surface area (TPSA) is 66.8 Å². The van der Waals surface area contributed by atoms with Crippen molar-refractivity contribution >= 4 is 38.0 Å². The molecule has 0 aliphatic carbocycles. The van der Waals surface area contributed by atoms with Gasteiger partial charge in [-0.05, 0) is 56.5 Å². The van der Waals surface area contributed by atoms with Crippen molar-refractivity contribution in [1.82, 2.24) is 0 Å². The third-order valence-electron chi connectivity index (χ3n) is 2.91. The number of halogens is 2. The molecule has 0 aromatic heterocycles. The predicted molar refractivity (Wildman–Crippen MR) is 89.2 cm³/mol. The van der Waals surface area contributed by atoms with Crippen molar-refractivity contribution in [3.63, 3.8) is 0 Å². The lowest BCUT2D eigenvalue weighted by Gasteiger charge is -2.20. The highest BCUT2D eigenvalue weighted by Gasteiger charge is 2.25. The van der Waals surface area contributed by atoms with Crippen LogP contribution in [-0.4, -0.2) is 16.4 Å². The second kappa shape index (κ2) is 7.49. The molecule has 0 fully saturated rings. The first-order valence-electron chi connectivity index (χ1n) is 6.77. The van der Waals surface area contributed by atoms with E-state index in [0.717, 1.165) is 8.95 Å². The quantitative estimate of drug-likeness (QED) is 0.493. The van der Waals surface area contributed by atoms with Gasteiger partial charge in [0.05, 0.1) is 0 Å². The number of phenolic OH excluding ortho intramolecular Hbond substituents is 1. The van der Waals surface area contributed by atoms with Gasteiger partial charge in [0.2, 0.25) is 0 Å². The van der Waals surface area contributed by atoms with Gasteiger partial charge in [0.15, 0.2) is 11.5 Å². The van der Waals surface area contributed by atoms with Gasteiger partial charge in [-0.25, -0.2) is 4.79 Å². The number of benzene rings is 1. The van der Waals surface area contributed by atoms with Gasteiger partial charge in [-0.3, -0.25) is 0 Å². The van der Waals surface area contributed by atoms with E-state index in [9.17, 15) is 9.90 Å². The van der Waals surface area contributed by atoms with E-state index in [1.165, 1.54) is 0 Å². The lowest BCUT2D eigenvalue weighted by molar-refractivity contribution is 0.142. The summed E-state index contributed by atoms with van der Waals surface area (Å²) in [6.45, 7) is 8.09. The predicted octanol–water partition coefficient (Wildman–Crippen LogP) is 5.37. The Labute approximate surface area is 141 Å². The second-order valence-electron chi connectivity index (χ2n) is 5.83. The van der Waals surface area contributed by atoms with Crippen molar-refractivity contribution in [3.8, 4) is 11.5 Å². The monoisotopic (exact) mass is 422 g/mol. The molecule has 0 aliphatic heterocycles. The Balaban J connectivity index is 3.53. The molecule has 4 nitrogen and oxygen atoms in total.